The molecule has 1 nitrogen and oxygen atoms in total. The molecule has 0 heterocycles. The van der Waals surface area contributed by atoms with E-state index in [2.05, 4.69) is 11.9 Å². The van der Waals surface area contributed by atoms with Gasteiger partial charge in [0.1, 0.15) is 0 Å². The minimum atomic E-state index is 0. The van der Waals surface area contributed by atoms with Crippen molar-refractivity contribution in [3.05, 3.63) is 0 Å². The molecule has 0 aliphatic rings. The SMILES string of the molecule is OCl.[Mg+2].[Zn+2]. The molecule has 0 radical (unpaired) electrons. The summed E-state index contributed by atoms with van der Waals surface area (Å²) in [7, 11) is 0. The quantitative estimate of drug-likeness (QED) is 0.462. The molecule has 0 unspecified atom stereocenters. The van der Waals surface area contributed by atoms with E-state index in [1.54, 1.807) is 0 Å². The molecule has 14 valence electrons. The Hall–Kier alpha value is 1.64. The van der Waals surface area contributed by atoms with Gasteiger partial charge in [0.15, 0.2) is 0 Å². The minimum absolute atomic E-state index is 0. The molecule has 0 saturated heterocycles. The van der Waals surface area contributed by atoms with Gasteiger partial charge < -0.3 is 0 Å². The Morgan fingerprint density at radius 2 is 1.25 bits per heavy atom. The maximum atomic E-state index is 6.47. The van der Waals surface area contributed by atoms with Crippen LogP contribution in [-0.4, -0.2) is 27.7 Å². The Bertz CT molecular complexity index is 8.00. The Morgan fingerprint density at radius 1 is 1.25 bits per heavy atom. The summed E-state index contributed by atoms with van der Waals surface area (Å²) in [6, 6.07) is 0. The molecule has 0 spiro atoms. The molecule has 1 N–H and O–H groups in total. The van der Waals surface area contributed by atoms with Crippen molar-refractivity contribution in [2.45, 2.75) is 0 Å². The van der Waals surface area contributed by atoms with Gasteiger partial charge in [-0.2, -0.15) is 0 Å². The maximum Gasteiger partial charge on any atom is 2.00 e. The summed E-state index contributed by atoms with van der Waals surface area (Å²) in [4.78, 5) is 0. The fourth-order valence-corrected chi connectivity index (χ4v) is 0. The molecule has 0 aromatic carbocycles. The van der Waals surface area contributed by atoms with Crippen molar-refractivity contribution in [1.29, 1.82) is 0 Å². The zero-order chi connectivity index (χ0) is 2.00. The average Bonchev–Trinajstić information content (AvgIpc) is 1.00. The van der Waals surface area contributed by atoms with E-state index in [0.717, 1.165) is 0 Å². The maximum absolute atomic E-state index is 6.47. The summed E-state index contributed by atoms with van der Waals surface area (Å²) in [5.74, 6) is 0. The molecule has 0 atom stereocenters. The Labute approximate surface area is 58.8 Å². The van der Waals surface area contributed by atoms with Crippen LogP contribution in [0, 0.1) is 0 Å². The first kappa shape index (κ1) is 17.4. The van der Waals surface area contributed by atoms with Crippen LogP contribution in [0.5, 0.6) is 0 Å². The third-order valence-corrected chi connectivity index (χ3v) is 0. The van der Waals surface area contributed by atoms with Gasteiger partial charge in [-0.05, 0) is 0 Å². The van der Waals surface area contributed by atoms with Gasteiger partial charge in [0.25, 0.3) is 0 Å². The summed E-state index contributed by atoms with van der Waals surface area (Å²) in [5, 5.41) is 0. The molecule has 0 aliphatic heterocycles. The van der Waals surface area contributed by atoms with Gasteiger partial charge in [0, 0.05) is 0 Å². The fraction of sp³-hybridized carbons (Fsp3) is 0. The standard InChI is InChI=1S/ClHO.Mg.Zn/c1-2;;/h2H;;/q;2*+2. The molecule has 0 aliphatic carbocycles. The number of halogens is 1. The van der Waals surface area contributed by atoms with E-state index < -0.39 is 0 Å². The summed E-state index contributed by atoms with van der Waals surface area (Å²) in [5.41, 5.74) is 0. The molecule has 0 fully saturated rings. The first-order chi connectivity index (χ1) is 1.00. The number of hydrogen-bond donors (Lipinski definition) is 1. The van der Waals surface area contributed by atoms with Crippen molar-refractivity contribution in [3.8, 4) is 0 Å². The minimum Gasteiger partial charge on any atom is -0.295 e. The number of hydrogen-bond acceptors (Lipinski definition) is 1. The second kappa shape index (κ2) is 22.9. The first-order valence-electron chi connectivity index (χ1n) is 0.169. The summed E-state index contributed by atoms with van der Waals surface area (Å²) in [6.45, 7) is 0. The van der Waals surface area contributed by atoms with Crippen LogP contribution in [0.3, 0.4) is 0 Å². The Balaban J connectivity index is -0.00000000500. The molecule has 0 aromatic heterocycles. The van der Waals surface area contributed by atoms with Gasteiger partial charge in [-0.15, -0.1) is 0 Å². The zero-order valence-corrected chi connectivity index (χ0v) is 7.38. The van der Waals surface area contributed by atoms with Crippen LogP contribution in [0.4, 0.5) is 0 Å². The summed E-state index contributed by atoms with van der Waals surface area (Å²) < 4.78 is 6.47. The molecule has 0 rings (SSSR count). The van der Waals surface area contributed by atoms with Gasteiger partial charge in [-0.25, -0.2) is 0 Å². The third-order valence-electron chi connectivity index (χ3n) is 0. The average molecular weight is 142 g/mol. The van der Waals surface area contributed by atoms with Crippen LogP contribution < -0.4 is 0 Å². The van der Waals surface area contributed by atoms with E-state index in [-0.39, 0.29) is 42.5 Å². The van der Waals surface area contributed by atoms with Gasteiger partial charge in [-0.3, -0.25) is 4.66 Å². The van der Waals surface area contributed by atoms with E-state index in [1.165, 1.54) is 0 Å². The van der Waals surface area contributed by atoms with Crippen LogP contribution in [0.2, 0.25) is 0 Å². The Kier molecular flexibility index (Phi) is 99.6. The second-order valence-corrected chi connectivity index (χ2v) is 0. The van der Waals surface area contributed by atoms with Crippen molar-refractivity contribution in [2.24, 2.45) is 0 Å². The topological polar surface area (TPSA) is 20.2 Å². The molecule has 0 aromatic rings. The molecule has 4 heavy (non-hydrogen) atoms. The van der Waals surface area contributed by atoms with Crippen LogP contribution in [0.15, 0.2) is 0 Å². The first-order valence-corrected chi connectivity index (χ1v) is 0.507. The van der Waals surface area contributed by atoms with E-state index in [4.69, 9.17) is 4.66 Å². The van der Waals surface area contributed by atoms with Crippen LogP contribution in [0.1, 0.15) is 0 Å². The largest absolute Gasteiger partial charge is 2.00 e. The van der Waals surface area contributed by atoms with Gasteiger partial charge in [0.2, 0.25) is 0 Å². The smallest absolute Gasteiger partial charge is 0.295 e. The van der Waals surface area contributed by atoms with Crippen LogP contribution >= 0.6 is 11.9 Å². The number of rotatable bonds is 0. The fourth-order valence-electron chi connectivity index (χ4n) is 0. The summed E-state index contributed by atoms with van der Waals surface area (Å²) >= 11 is 3.64. The van der Waals surface area contributed by atoms with Crippen LogP contribution in [0.25, 0.3) is 0 Å². The van der Waals surface area contributed by atoms with E-state index in [0.29, 0.717) is 0 Å². The second-order valence-electron chi connectivity index (χ2n) is 0. The van der Waals surface area contributed by atoms with E-state index in [9.17, 15) is 0 Å². The van der Waals surface area contributed by atoms with Crippen molar-refractivity contribution in [3.63, 3.8) is 0 Å². The van der Waals surface area contributed by atoms with E-state index in [1.807, 2.05) is 0 Å². The van der Waals surface area contributed by atoms with Crippen molar-refractivity contribution in [1.82, 2.24) is 0 Å². The third kappa shape index (κ3) is 9.43. The molecule has 0 bridgehead atoms. The Morgan fingerprint density at radius 3 is 1.25 bits per heavy atom. The zero-order valence-electron chi connectivity index (χ0n) is 2.24. The van der Waals surface area contributed by atoms with E-state index >= 15 is 0 Å². The van der Waals surface area contributed by atoms with Crippen molar-refractivity contribution in [2.75, 3.05) is 0 Å². The van der Waals surface area contributed by atoms with Gasteiger partial charge >= 0.3 is 42.5 Å². The molecular formula is HClMgOZn+4. The predicted molar refractivity (Wildman–Crippen MR) is 13.8 cm³/mol. The van der Waals surface area contributed by atoms with Gasteiger partial charge in [-0.1, -0.05) is 0 Å². The van der Waals surface area contributed by atoms with Crippen LogP contribution in [-0.2, 0) is 19.5 Å². The normalized spacial score (nSPS) is 1.50. The van der Waals surface area contributed by atoms with Gasteiger partial charge in [0.05, 0.1) is 11.9 Å². The van der Waals surface area contributed by atoms with Crippen molar-refractivity contribution < 1.29 is 24.1 Å². The summed E-state index contributed by atoms with van der Waals surface area (Å²) in [6.07, 6.45) is 0. The predicted octanol–water partition coefficient (Wildman–Crippen LogP) is -0.251. The monoisotopic (exact) mass is 140 g/mol. The van der Waals surface area contributed by atoms with Crippen molar-refractivity contribution >= 4 is 34.9 Å². The molecular weight excluding hydrogens is 141 g/mol. The molecule has 0 amide bonds. The molecule has 0 saturated carbocycles. The molecule has 4 heteroatoms.